The fourth-order valence-electron chi connectivity index (χ4n) is 1.26. The van der Waals surface area contributed by atoms with Gasteiger partial charge >= 0.3 is 0 Å². The highest BCUT2D eigenvalue weighted by Crippen LogP contribution is 2.26. The van der Waals surface area contributed by atoms with Gasteiger partial charge in [-0.15, -0.1) is 35.0 Å². The van der Waals surface area contributed by atoms with Crippen molar-refractivity contribution >= 4 is 40.9 Å². The predicted molar refractivity (Wildman–Crippen MR) is 63.5 cm³/mol. The summed E-state index contributed by atoms with van der Waals surface area (Å²) < 4.78 is 0. The highest BCUT2D eigenvalue weighted by Gasteiger charge is 2.30. The van der Waals surface area contributed by atoms with Crippen LogP contribution >= 0.6 is 35.0 Å². The predicted octanol–water partition coefficient (Wildman–Crippen LogP) is 2.23. The molecule has 0 spiro atoms. The lowest BCUT2D eigenvalue weighted by Gasteiger charge is -2.27. The third kappa shape index (κ3) is 3.21. The van der Waals surface area contributed by atoms with Crippen LogP contribution in [0.3, 0.4) is 0 Å². The molecule has 1 unspecified atom stereocenters. The lowest BCUT2D eigenvalue weighted by atomic mass is 10.1. The van der Waals surface area contributed by atoms with Gasteiger partial charge in [-0.05, 0) is 25.5 Å². The molecule has 2 nitrogen and oxygen atoms in total. The van der Waals surface area contributed by atoms with Gasteiger partial charge in [0.25, 0.3) is 0 Å². The lowest BCUT2D eigenvalue weighted by Crippen LogP contribution is -2.51. The van der Waals surface area contributed by atoms with E-state index in [4.69, 9.17) is 23.2 Å². The molecule has 1 saturated heterocycles. The maximum Gasteiger partial charge on any atom is 0.233 e. The number of alkyl halides is 2. The smallest absolute Gasteiger partial charge is 0.233 e. The van der Waals surface area contributed by atoms with Crippen LogP contribution in [0.25, 0.3) is 0 Å². The van der Waals surface area contributed by atoms with Crippen molar-refractivity contribution in [2.24, 2.45) is 0 Å². The van der Waals surface area contributed by atoms with E-state index in [9.17, 15) is 4.79 Å². The van der Waals surface area contributed by atoms with Crippen molar-refractivity contribution in [3.63, 3.8) is 0 Å². The van der Waals surface area contributed by atoms with Crippen LogP contribution in [0.1, 0.15) is 19.8 Å². The second-order valence-corrected chi connectivity index (χ2v) is 5.66. The van der Waals surface area contributed by atoms with Gasteiger partial charge in [0, 0.05) is 11.8 Å². The Morgan fingerprint density at radius 3 is 2.64 bits per heavy atom. The standard InChI is InChI=1S/C9H15Cl2NOS/c1-9(5-10,6-11)12-8(13)7-3-2-4-14-7/h7H,2-6H2,1H3,(H,12,13). The van der Waals surface area contributed by atoms with Crippen LogP contribution in [0, 0.1) is 0 Å². The summed E-state index contributed by atoms with van der Waals surface area (Å²) in [4.78, 5) is 11.7. The van der Waals surface area contributed by atoms with Gasteiger partial charge in [-0.3, -0.25) is 4.79 Å². The third-order valence-electron chi connectivity index (χ3n) is 2.24. The highest BCUT2D eigenvalue weighted by molar-refractivity contribution is 8.00. The molecule has 5 heteroatoms. The average molecular weight is 256 g/mol. The molecule has 1 aliphatic heterocycles. The zero-order valence-electron chi connectivity index (χ0n) is 8.19. The Morgan fingerprint density at radius 2 is 2.21 bits per heavy atom. The van der Waals surface area contributed by atoms with E-state index in [1.165, 1.54) is 0 Å². The Morgan fingerprint density at radius 1 is 1.57 bits per heavy atom. The molecule has 1 heterocycles. The van der Waals surface area contributed by atoms with Crippen molar-refractivity contribution in [3.8, 4) is 0 Å². The molecule has 14 heavy (non-hydrogen) atoms. The number of halogens is 2. The zero-order valence-corrected chi connectivity index (χ0v) is 10.5. The summed E-state index contributed by atoms with van der Waals surface area (Å²) in [6, 6.07) is 0. The van der Waals surface area contributed by atoms with Crippen LogP contribution < -0.4 is 5.32 Å². The number of carbonyl (C=O) groups is 1. The minimum Gasteiger partial charge on any atom is -0.348 e. The zero-order chi connectivity index (χ0) is 10.6. The topological polar surface area (TPSA) is 29.1 Å². The molecule has 1 rings (SSSR count). The summed E-state index contributed by atoms with van der Waals surface area (Å²) in [5, 5.41) is 3.01. The minimum atomic E-state index is -0.469. The molecule has 1 atom stereocenters. The fourth-order valence-corrected chi connectivity index (χ4v) is 2.85. The van der Waals surface area contributed by atoms with E-state index in [0.717, 1.165) is 18.6 Å². The van der Waals surface area contributed by atoms with Crippen molar-refractivity contribution in [2.75, 3.05) is 17.5 Å². The van der Waals surface area contributed by atoms with Gasteiger partial charge in [0.15, 0.2) is 0 Å². The largest absolute Gasteiger partial charge is 0.348 e. The molecule has 0 aromatic rings. The van der Waals surface area contributed by atoms with Crippen LogP contribution in [-0.2, 0) is 4.79 Å². The summed E-state index contributed by atoms with van der Waals surface area (Å²) in [7, 11) is 0. The first-order valence-electron chi connectivity index (χ1n) is 4.67. The maximum atomic E-state index is 11.7. The van der Waals surface area contributed by atoms with Crippen molar-refractivity contribution in [1.29, 1.82) is 0 Å². The Bertz CT molecular complexity index is 203. The molecule has 0 radical (unpaired) electrons. The highest BCUT2D eigenvalue weighted by atomic mass is 35.5. The monoisotopic (exact) mass is 255 g/mol. The molecular weight excluding hydrogens is 241 g/mol. The molecular formula is C9H15Cl2NOS. The molecule has 0 saturated carbocycles. The second kappa shape index (κ2) is 5.47. The number of thioether (sulfide) groups is 1. The van der Waals surface area contributed by atoms with Crippen molar-refractivity contribution in [1.82, 2.24) is 5.32 Å². The molecule has 82 valence electrons. The van der Waals surface area contributed by atoms with Gasteiger partial charge in [0.05, 0.1) is 10.8 Å². The van der Waals surface area contributed by atoms with E-state index in [1.54, 1.807) is 11.8 Å². The Kier molecular flexibility index (Phi) is 4.88. The number of rotatable bonds is 4. The van der Waals surface area contributed by atoms with Gasteiger partial charge in [-0.25, -0.2) is 0 Å². The van der Waals surface area contributed by atoms with E-state index >= 15 is 0 Å². The van der Waals surface area contributed by atoms with E-state index in [1.807, 2.05) is 6.92 Å². The van der Waals surface area contributed by atoms with Crippen LogP contribution in [0.15, 0.2) is 0 Å². The number of amides is 1. The van der Waals surface area contributed by atoms with Gasteiger partial charge in [0.2, 0.25) is 5.91 Å². The van der Waals surface area contributed by atoms with Gasteiger partial charge < -0.3 is 5.32 Å². The van der Waals surface area contributed by atoms with Crippen LogP contribution in [0.4, 0.5) is 0 Å². The first-order chi connectivity index (χ1) is 6.61. The van der Waals surface area contributed by atoms with Crippen molar-refractivity contribution < 1.29 is 4.79 Å². The molecule has 1 aliphatic rings. The molecule has 0 bridgehead atoms. The normalized spacial score (nSPS) is 22.4. The number of carbonyl (C=O) groups excluding carboxylic acids is 1. The van der Waals surface area contributed by atoms with E-state index in [0.29, 0.717) is 11.8 Å². The summed E-state index contributed by atoms with van der Waals surface area (Å²) >= 11 is 13.2. The number of hydrogen-bond acceptors (Lipinski definition) is 2. The Hall–Kier alpha value is 0.400. The van der Waals surface area contributed by atoms with E-state index in [-0.39, 0.29) is 11.2 Å². The Labute approximate surface area is 99.1 Å². The first kappa shape index (κ1) is 12.5. The molecule has 1 N–H and O–H groups in total. The second-order valence-electron chi connectivity index (χ2n) is 3.82. The average Bonchev–Trinajstić information content (AvgIpc) is 2.70. The number of hydrogen-bond donors (Lipinski definition) is 1. The molecule has 1 amide bonds. The van der Waals surface area contributed by atoms with E-state index < -0.39 is 5.54 Å². The van der Waals surface area contributed by atoms with E-state index in [2.05, 4.69) is 5.32 Å². The van der Waals surface area contributed by atoms with Crippen LogP contribution in [0.2, 0.25) is 0 Å². The summed E-state index contributed by atoms with van der Waals surface area (Å²) in [5.41, 5.74) is -0.469. The SMILES string of the molecule is CC(CCl)(CCl)NC(=O)C1CCCS1. The first-order valence-corrected chi connectivity index (χ1v) is 6.78. The number of nitrogens with one attached hydrogen (secondary N) is 1. The quantitative estimate of drug-likeness (QED) is 0.781. The molecule has 0 aromatic carbocycles. The van der Waals surface area contributed by atoms with Gasteiger partial charge in [-0.1, -0.05) is 0 Å². The van der Waals surface area contributed by atoms with Crippen LogP contribution in [-0.4, -0.2) is 34.2 Å². The van der Waals surface area contributed by atoms with Gasteiger partial charge in [0.1, 0.15) is 0 Å². The summed E-state index contributed by atoms with van der Waals surface area (Å²) in [6.07, 6.45) is 2.10. The molecule has 0 aromatic heterocycles. The molecule has 0 aliphatic carbocycles. The molecule has 1 fully saturated rings. The van der Waals surface area contributed by atoms with Crippen LogP contribution in [0.5, 0.6) is 0 Å². The Balaban J connectivity index is 2.45. The lowest BCUT2D eigenvalue weighted by molar-refractivity contribution is -0.121. The summed E-state index contributed by atoms with van der Waals surface area (Å²) in [5.74, 6) is 1.85. The maximum absolute atomic E-state index is 11.7. The fraction of sp³-hybridized carbons (Fsp3) is 0.889. The van der Waals surface area contributed by atoms with Crippen molar-refractivity contribution in [2.45, 2.75) is 30.6 Å². The van der Waals surface area contributed by atoms with Crippen molar-refractivity contribution in [3.05, 3.63) is 0 Å². The third-order valence-corrected chi connectivity index (χ3v) is 4.79. The minimum absolute atomic E-state index is 0.0799. The van der Waals surface area contributed by atoms with Gasteiger partial charge in [-0.2, -0.15) is 0 Å². The summed E-state index contributed by atoms with van der Waals surface area (Å²) in [6.45, 7) is 1.87.